The van der Waals surface area contributed by atoms with E-state index in [-0.39, 0.29) is 5.41 Å². The number of nitrogens with zero attached hydrogens (tertiary/aromatic N) is 1. The van der Waals surface area contributed by atoms with Crippen LogP contribution < -0.4 is 0 Å². The maximum absolute atomic E-state index is 4.71. The van der Waals surface area contributed by atoms with Gasteiger partial charge in [0, 0.05) is 17.2 Å². The summed E-state index contributed by atoms with van der Waals surface area (Å²) in [5.41, 5.74) is 13.2. The molecule has 1 heterocycles. The molecule has 0 saturated carbocycles. The summed E-state index contributed by atoms with van der Waals surface area (Å²) in [6.07, 6.45) is 4.04. The van der Waals surface area contributed by atoms with E-state index < -0.39 is 0 Å². The van der Waals surface area contributed by atoms with E-state index in [4.69, 9.17) is 4.98 Å². The largest absolute Gasteiger partial charge is 0.256 e. The fourth-order valence-corrected chi connectivity index (χ4v) is 5.64. The molecule has 5 rings (SSSR count). The highest BCUT2D eigenvalue weighted by Gasteiger charge is 2.42. The van der Waals surface area contributed by atoms with E-state index in [0.717, 1.165) is 18.5 Å². The van der Waals surface area contributed by atoms with Gasteiger partial charge in [0.2, 0.25) is 0 Å². The van der Waals surface area contributed by atoms with Gasteiger partial charge < -0.3 is 0 Å². The standard InChI is InChI=1S/C30H29N/c1-5-30(6-2)27-19-22(23-17-20(3)16-21(4)18-23)13-14-24(27)25-10-9-11-26(29(25)30)28-12-7-8-15-31-28/h7-19H,5-6H2,1-4H3. The summed E-state index contributed by atoms with van der Waals surface area (Å²) >= 11 is 0. The van der Waals surface area contributed by atoms with Crippen LogP contribution in [0.25, 0.3) is 33.5 Å². The molecule has 0 saturated heterocycles. The van der Waals surface area contributed by atoms with Crippen LogP contribution in [0.15, 0.2) is 79.0 Å². The van der Waals surface area contributed by atoms with Crippen LogP contribution in [0.1, 0.15) is 48.9 Å². The predicted octanol–water partition coefficient (Wildman–Crippen LogP) is 8.12. The van der Waals surface area contributed by atoms with Gasteiger partial charge in [0.25, 0.3) is 0 Å². The molecule has 0 spiro atoms. The van der Waals surface area contributed by atoms with E-state index in [9.17, 15) is 0 Å². The zero-order valence-electron chi connectivity index (χ0n) is 18.9. The molecule has 154 valence electrons. The third-order valence-electron chi connectivity index (χ3n) is 7.07. The lowest BCUT2D eigenvalue weighted by Gasteiger charge is -2.31. The number of benzene rings is 3. The van der Waals surface area contributed by atoms with E-state index in [2.05, 4.69) is 94.4 Å². The van der Waals surface area contributed by atoms with Crippen molar-refractivity contribution in [1.82, 2.24) is 4.98 Å². The van der Waals surface area contributed by atoms with Gasteiger partial charge in [0.1, 0.15) is 0 Å². The van der Waals surface area contributed by atoms with Gasteiger partial charge in [-0.1, -0.05) is 79.6 Å². The molecule has 1 heteroatoms. The van der Waals surface area contributed by atoms with Crippen LogP contribution in [-0.4, -0.2) is 4.98 Å². The zero-order valence-corrected chi connectivity index (χ0v) is 18.9. The van der Waals surface area contributed by atoms with Gasteiger partial charge >= 0.3 is 0 Å². The van der Waals surface area contributed by atoms with Crippen molar-refractivity contribution >= 4 is 0 Å². The van der Waals surface area contributed by atoms with Crippen molar-refractivity contribution < 1.29 is 0 Å². The summed E-state index contributed by atoms with van der Waals surface area (Å²) in [4.78, 5) is 4.71. The Kier molecular flexibility index (Phi) is 4.78. The SMILES string of the molecule is CCC1(CC)c2cc(-c3cc(C)cc(C)c3)ccc2-c2cccc(-c3ccccn3)c21. The average Bonchev–Trinajstić information content (AvgIpc) is 3.08. The minimum Gasteiger partial charge on any atom is -0.256 e. The topological polar surface area (TPSA) is 12.9 Å². The summed E-state index contributed by atoms with van der Waals surface area (Å²) < 4.78 is 0. The molecule has 0 radical (unpaired) electrons. The molecule has 1 aliphatic rings. The summed E-state index contributed by atoms with van der Waals surface area (Å²) in [5.74, 6) is 0. The van der Waals surface area contributed by atoms with Gasteiger partial charge in [0.15, 0.2) is 0 Å². The van der Waals surface area contributed by atoms with Gasteiger partial charge in [-0.2, -0.15) is 0 Å². The number of aromatic nitrogens is 1. The molecule has 0 bridgehead atoms. The summed E-state index contributed by atoms with van der Waals surface area (Å²) in [6.45, 7) is 9.03. The van der Waals surface area contributed by atoms with E-state index in [0.29, 0.717) is 0 Å². The van der Waals surface area contributed by atoms with Crippen LogP contribution in [0.3, 0.4) is 0 Å². The lowest BCUT2D eigenvalue weighted by molar-refractivity contribution is 0.491. The van der Waals surface area contributed by atoms with Gasteiger partial charge in [-0.15, -0.1) is 0 Å². The molecule has 0 amide bonds. The molecule has 0 N–H and O–H groups in total. The van der Waals surface area contributed by atoms with Crippen molar-refractivity contribution in [2.75, 3.05) is 0 Å². The number of rotatable bonds is 4. The van der Waals surface area contributed by atoms with E-state index >= 15 is 0 Å². The molecule has 31 heavy (non-hydrogen) atoms. The molecule has 0 unspecified atom stereocenters. The smallest absolute Gasteiger partial charge is 0.0705 e. The number of fused-ring (bicyclic) bond motifs is 3. The van der Waals surface area contributed by atoms with Gasteiger partial charge in [-0.3, -0.25) is 4.98 Å². The van der Waals surface area contributed by atoms with E-state index in [1.54, 1.807) is 0 Å². The Morgan fingerprint density at radius 3 is 2.10 bits per heavy atom. The van der Waals surface area contributed by atoms with E-state index in [1.807, 2.05) is 12.3 Å². The highest BCUT2D eigenvalue weighted by Crippen LogP contribution is 2.56. The maximum Gasteiger partial charge on any atom is 0.0705 e. The number of hydrogen-bond donors (Lipinski definition) is 0. The number of hydrogen-bond acceptors (Lipinski definition) is 1. The minimum atomic E-state index is 0.00760. The average molecular weight is 404 g/mol. The molecule has 3 aromatic carbocycles. The third-order valence-corrected chi connectivity index (χ3v) is 7.07. The Morgan fingerprint density at radius 1 is 0.677 bits per heavy atom. The minimum absolute atomic E-state index is 0.00760. The second-order valence-electron chi connectivity index (χ2n) is 8.87. The first-order valence-electron chi connectivity index (χ1n) is 11.4. The quantitative estimate of drug-likeness (QED) is 0.335. The molecular weight excluding hydrogens is 374 g/mol. The Bertz CT molecular complexity index is 1240. The Labute approximate surface area is 185 Å². The lowest BCUT2D eigenvalue weighted by atomic mass is 9.71. The summed E-state index contributed by atoms with van der Waals surface area (Å²) in [7, 11) is 0. The van der Waals surface area contributed by atoms with Gasteiger partial charge in [-0.05, 0) is 78.3 Å². The molecule has 1 nitrogen and oxygen atoms in total. The van der Waals surface area contributed by atoms with Crippen molar-refractivity contribution in [2.24, 2.45) is 0 Å². The van der Waals surface area contributed by atoms with Crippen molar-refractivity contribution in [3.05, 3.63) is 101 Å². The second-order valence-corrected chi connectivity index (χ2v) is 8.87. The van der Waals surface area contributed by atoms with Gasteiger partial charge in [-0.25, -0.2) is 0 Å². The van der Waals surface area contributed by atoms with Crippen LogP contribution in [-0.2, 0) is 5.41 Å². The second kappa shape index (κ2) is 7.50. The third kappa shape index (κ3) is 3.03. The highest BCUT2D eigenvalue weighted by atomic mass is 14.7. The van der Waals surface area contributed by atoms with Crippen molar-refractivity contribution in [3.63, 3.8) is 0 Å². The predicted molar refractivity (Wildman–Crippen MR) is 131 cm³/mol. The first kappa shape index (κ1) is 19.8. The fraction of sp³-hybridized carbons (Fsp3) is 0.233. The number of pyridine rings is 1. The van der Waals surface area contributed by atoms with Crippen LogP contribution in [0.2, 0.25) is 0 Å². The van der Waals surface area contributed by atoms with Crippen LogP contribution >= 0.6 is 0 Å². The normalized spacial score (nSPS) is 13.7. The maximum atomic E-state index is 4.71. The fourth-order valence-electron chi connectivity index (χ4n) is 5.64. The Balaban J connectivity index is 1.76. The first-order valence-corrected chi connectivity index (χ1v) is 11.4. The molecule has 0 fully saturated rings. The van der Waals surface area contributed by atoms with Crippen LogP contribution in [0, 0.1) is 13.8 Å². The van der Waals surface area contributed by atoms with Crippen molar-refractivity contribution in [3.8, 4) is 33.5 Å². The lowest BCUT2D eigenvalue weighted by Crippen LogP contribution is -2.24. The zero-order chi connectivity index (χ0) is 21.6. The van der Waals surface area contributed by atoms with E-state index in [1.165, 1.54) is 50.1 Å². The first-order chi connectivity index (χ1) is 15.1. The Morgan fingerprint density at radius 2 is 1.42 bits per heavy atom. The summed E-state index contributed by atoms with van der Waals surface area (Å²) in [6, 6.07) is 26.9. The molecule has 1 aliphatic carbocycles. The van der Waals surface area contributed by atoms with Crippen LogP contribution in [0.5, 0.6) is 0 Å². The molecule has 0 aliphatic heterocycles. The molecule has 4 aromatic rings. The van der Waals surface area contributed by atoms with Crippen LogP contribution in [0.4, 0.5) is 0 Å². The molecule has 0 atom stereocenters. The van der Waals surface area contributed by atoms with Crippen molar-refractivity contribution in [1.29, 1.82) is 0 Å². The highest BCUT2D eigenvalue weighted by molar-refractivity contribution is 5.89. The monoisotopic (exact) mass is 403 g/mol. The Hall–Kier alpha value is -3.19. The summed E-state index contributed by atoms with van der Waals surface area (Å²) in [5, 5.41) is 0. The molecule has 1 aromatic heterocycles. The van der Waals surface area contributed by atoms with Crippen molar-refractivity contribution in [2.45, 2.75) is 46.0 Å². The van der Waals surface area contributed by atoms with Gasteiger partial charge in [0.05, 0.1) is 5.69 Å². The number of aryl methyl sites for hydroxylation is 2. The molecular formula is C30H29N.